The Kier molecular flexibility index (Phi) is 5.81. The Morgan fingerprint density at radius 1 is 1.00 bits per heavy atom. The smallest absolute Gasteiger partial charge is 0.0705 e. The largest absolute Gasteiger partial charge is 0.330 e. The van der Waals surface area contributed by atoms with Crippen LogP contribution in [0.15, 0.2) is 66.9 Å². The second kappa shape index (κ2) is 8.64. The van der Waals surface area contributed by atoms with Crippen molar-refractivity contribution in [2.24, 2.45) is 11.7 Å². The SMILES string of the molecule is NCC(Cc1ccccc1)C1CCCCN1Cc1ccc2cccnc2c1. The standard InChI is InChI=1S/C24H29N3/c25-17-22(15-19-7-2-1-3-8-19)24-10-4-5-14-27(24)18-20-11-12-21-9-6-13-26-23(21)16-20/h1-3,6-9,11-13,16,22,24H,4-5,10,14-15,17-18,25H2. The summed E-state index contributed by atoms with van der Waals surface area (Å²) in [4.78, 5) is 7.18. The van der Waals surface area contributed by atoms with Gasteiger partial charge in [0.1, 0.15) is 0 Å². The lowest BCUT2D eigenvalue weighted by atomic mass is 9.85. The van der Waals surface area contributed by atoms with Crippen molar-refractivity contribution in [1.29, 1.82) is 0 Å². The van der Waals surface area contributed by atoms with Crippen molar-refractivity contribution in [3.63, 3.8) is 0 Å². The van der Waals surface area contributed by atoms with Crippen LogP contribution in [-0.4, -0.2) is 29.0 Å². The van der Waals surface area contributed by atoms with Gasteiger partial charge in [0.15, 0.2) is 0 Å². The summed E-state index contributed by atoms with van der Waals surface area (Å²) in [5.41, 5.74) is 10.1. The van der Waals surface area contributed by atoms with E-state index in [1.54, 1.807) is 0 Å². The van der Waals surface area contributed by atoms with Gasteiger partial charge < -0.3 is 5.73 Å². The summed E-state index contributed by atoms with van der Waals surface area (Å²) in [6, 6.07) is 22.2. The fraction of sp³-hybridized carbons (Fsp3) is 0.375. The maximum Gasteiger partial charge on any atom is 0.0705 e. The predicted octanol–water partition coefficient (Wildman–Crippen LogP) is 4.41. The van der Waals surface area contributed by atoms with E-state index in [0.717, 1.165) is 31.6 Å². The topological polar surface area (TPSA) is 42.1 Å². The van der Waals surface area contributed by atoms with Crippen LogP contribution in [-0.2, 0) is 13.0 Å². The molecule has 0 bridgehead atoms. The molecule has 0 saturated carbocycles. The van der Waals surface area contributed by atoms with Crippen LogP contribution >= 0.6 is 0 Å². The van der Waals surface area contributed by atoms with E-state index in [2.05, 4.69) is 64.5 Å². The number of hydrogen-bond acceptors (Lipinski definition) is 3. The van der Waals surface area contributed by atoms with Crippen molar-refractivity contribution >= 4 is 10.9 Å². The molecule has 4 rings (SSSR count). The lowest BCUT2D eigenvalue weighted by Crippen LogP contribution is -2.46. The Hall–Kier alpha value is -2.23. The second-order valence-corrected chi connectivity index (χ2v) is 7.75. The Bertz CT molecular complexity index is 862. The maximum atomic E-state index is 6.24. The van der Waals surface area contributed by atoms with Crippen LogP contribution in [0, 0.1) is 5.92 Å². The summed E-state index contributed by atoms with van der Waals surface area (Å²) in [6.45, 7) is 2.90. The van der Waals surface area contributed by atoms with Crippen molar-refractivity contribution < 1.29 is 0 Å². The zero-order valence-corrected chi connectivity index (χ0v) is 15.9. The summed E-state index contributed by atoms with van der Waals surface area (Å²) < 4.78 is 0. The summed E-state index contributed by atoms with van der Waals surface area (Å²) in [5.74, 6) is 0.506. The summed E-state index contributed by atoms with van der Waals surface area (Å²) >= 11 is 0. The molecule has 0 aliphatic carbocycles. The molecule has 2 unspecified atom stereocenters. The van der Waals surface area contributed by atoms with Crippen molar-refractivity contribution in [1.82, 2.24) is 9.88 Å². The highest BCUT2D eigenvalue weighted by Gasteiger charge is 2.29. The van der Waals surface area contributed by atoms with Gasteiger partial charge in [-0.1, -0.05) is 55.0 Å². The fourth-order valence-corrected chi connectivity index (χ4v) is 4.49. The third-order valence-corrected chi connectivity index (χ3v) is 5.91. The van der Waals surface area contributed by atoms with Gasteiger partial charge >= 0.3 is 0 Å². The van der Waals surface area contributed by atoms with E-state index in [0.29, 0.717) is 12.0 Å². The van der Waals surface area contributed by atoms with E-state index in [1.165, 1.54) is 35.8 Å². The van der Waals surface area contributed by atoms with Gasteiger partial charge in [0.2, 0.25) is 0 Å². The molecule has 1 saturated heterocycles. The third kappa shape index (κ3) is 4.37. The number of hydrogen-bond donors (Lipinski definition) is 1. The van der Waals surface area contributed by atoms with Crippen molar-refractivity contribution in [2.75, 3.05) is 13.1 Å². The average molecular weight is 360 g/mol. The Morgan fingerprint density at radius 3 is 2.74 bits per heavy atom. The molecule has 0 amide bonds. The number of nitrogens with two attached hydrogens (primary N) is 1. The number of pyridine rings is 1. The highest BCUT2D eigenvalue weighted by atomic mass is 15.2. The molecule has 140 valence electrons. The van der Waals surface area contributed by atoms with Crippen LogP contribution in [0.1, 0.15) is 30.4 Å². The maximum absolute atomic E-state index is 6.24. The molecule has 2 N–H and O–H groups in total. The highest BCUT2D eigenvalue weighted by Crippen LogP contribution is 2.27. The zero-order chi connectivity index (χ0) is 18.5. The Morgan fingerprint density at radius 2 is 1.89 bits per heavy atom. The quantitative estimate of drug-likeness (QED) is 0.709. The molecule has 2 heterocycles. The van der Waals surface area contributed by atoms with E-state index >= 15 is 0 Å². The van der Waals surface area contributed by atoms with Crippen LogP contribution in [0.2, 0.25) is 0 Å². The molecule has 0 radical (unpaired) electrons. The van der Waals surface area contributed by atoms with Gasteiger partial charge in [0.25, 0.3) is 0 Å². The van der Waals surface area contributed by atoms with Gasteiger partial charge in [-0.3, -0.25) is 9.88 Å². The van der Waals surface area contributed by atoms with Crippen LogP contribution in [0.5, 0.6) is 0 Å². The third-order valence-electron chi connectivity index (χ3n) is 5.91. The lowest BCUT2D eigenvalue weighted by molar-refractivity contribution is 0.0942. The molecule has 2 atom stereocenters. The first-order valence-electron chi connectivity index (χ1n) is 10.1. The second-order valence-electron chi connectivity index (χ2n) is 7.75. The molecule has 2 aromatic carbocycles. The molecular weight excluding hydrogens is 330 g/mol. The first-order chi connectivity index (χ1) is 13.3. The number of piperidine rings is 1. The molecule has 27 heavy (non-hydrogen) atoms. The normalized spacial score (nSPS) is 19.2. The first-order valence-corrected chi connectivity index (χ1v) is 10.1. The number of rotatable bonds is 6. The predicted molar refractivity (Wildman–Crippen MR) is 112 cm³/mol. The zero-order valence-electron chi connectivity index (χ0n) is 15.9. The molecule has 3 nitrogen and oxygen atoms in total. The van der Waals surface area contributed by atoms with Crippen molar-refractivity contribution in [3.05, 3.63) is 78.0 Å². The molecule has 3 heteroatoms. The van der Waals surface area contributed by atoms with E-state index in [9.17, 15) is 0 Å². The first kappa shape index (κ1) is 18.1. The Balaban J connectivity index is 1.52. The number of nitrogens with zero attached hydrogens (tertiary/aromatic N) is 2. The number of fused-ring (bicyclic) bond motifs is 1. The van der Waals surface area contributed by atoms with Crippen LogP contribution in [0.4, 0.5) is 0 Å². The molecule has 1 aliphatic rings. The van der Waals surface area contributed by atoms with Crippen LogP contribution in [0.3, 0.4) is 0 Å². The van der Waals surface area contributed by atoms with E-state index < -0.39 is 0 Å². The summed E-state index contributed by atoms with van der Waals surface area (Å²) in [5, 5.41) is 1.21. The van der Waals surface area contributed by atoms with Gasteiger partial charge in [-0.05, 0) is 61.5 Å². The van der Waals surface area contributed by atoms with Gasteiger partial charge in [-0.2, -0.15) is 0 Å². The monoisotopic (exact) mass is 359 g/mol. The number of likely N-dealkylation sites (tertiary alicyclic amines) is 1. The minimum absolute atomic E-state index is 0.506. The average Bonchev–Trinajstić information content (AvgIpc) is 2.73. The molecule has 1 aliphatic heterocycles. The molecule has 1 aromatic heterocycles. The molecule has 0 spiro atoms. The van der Waals surface area contributed by atoms with E-state index in [1.807, 2.05) is 12.3 Å². The van der Waals surface area contributed by atoms with Gasteiger partial charge in [0, 0.05) is 24.2 Å². The van der Waals surface area contributed by atoms with Crippen LogP contribution < -0.4 is 5.73 Å². The lowest BCUT2D eigenvalue weighted by Gasteiger charge is -2.40. The van der Waals surface area contributed by atoms with E-state index in [4.69, 9.17) is 5.73 Å². The number of benzene rings is 2. The Labute approximate surface area is 162 Å². The summed E-state index contributed by atoms with van der Waals surface area (Å²) in [6.07, 6.45) is 6.79. The molecular formula is C24H29N3. The minimum atomic E-state index is 0.506. The van der Waals surface area contributed by atoms with Gasteiger partial charge in [-0.15, -0.1) is 0 Å². The van der Waals surface area contributed by atoms with Crippen molar-refractivity contribution in [3.8, 4) is 0 Å². The van der Waals surface area contributed by atoms with Crippen molar-refractivity contribution in [2.45, 2.75) is 38.3 Å². The minimum Gasteiger partial charge on any atom is -0.330 e. The highest BCUT2D eigenvalue weighted by molar-refractivity contribution is 5.78. The fourth-order valence-electron chi connectivity index (χ4n) is 4.49. The van der Waals surface area contributed by atoms with Gasteiger partial charge in [-0.25, -0.2) is 0 Å². The molecule has 1 fully saturated rings. The molecule has 3 aromatic rings. The van der Waals surface area contributed by atoms with Crippen LogP contribution in [0.25, 0.3) is 10.9 Å². The summed E-state index contributed by atoms with van der Waals surface area (Å²) in [7, 11) is 0. The van der Waals surface area contributed by atoms with Gasteiger partial charge in [0.05, 0.1) is 5.52 Å². The van der Waals surface area contributed by atoms with E-state index in [-0.39, 0.29) is 0 Å². The number of aromatic nitrogens is 1.